The fourth-order valence-electron chi connectivity index (χ4n) is 2.32. The molecule has 4 heteroatoms. The van der Waals surface area contributed by atoms with Gasteiger partial charge in [0.15, 0.2) is 5.82 Å². The van der Waals surface area contributed by atoms with Gasteiger partial charge in [-0.3, -0.25) is 0 Å². The van der Waals surface area contributed by atoms with Crippen LogP contribution in [-0.2, 0) is 0 Å². The van der Waals surface area contributed by atoms with Crippen LogP contribution >= 0.6 is 11.6 Å². The lowest BCUT2D eigenvalue weighted by Crippen LogP contribution is -2.25. The second-order valence-corrected chi connectivity index (χ2v) is 4.79. The second kappa shape index (κ2) is 5.48. The van der Waals surface area contributed by atoms with Crippen LogP contribution in [0.2, 0.25) is 5.02 Å². The quantitative estimate of drug-likeness (QED) is 0.794. The first-order valence-corrected chi connectivity index (χ1v) is 6.39. The summed E-state index contributed by atoms with van der Waals surface area (Å²) >= 11 is 6.11. The molecular weight excluding hydrogens is 222 g/mol. The Morgan fingerprint density at radius 3 is 3.06 bits per heavy atom. The van der Waals surface area contributed by atoms with E-state index in [2.05, 4.69) is 21.8 Å². The highest BCUT2D eigenvalue weighted by Gasteiger charge is 2.18. The molecule has 1 aliphatic heterocycles. The maximum absolute atomic E-state index is 6.11. The molecule has 1 fully saturated rings. The van der Waals surface area contributed by atoms with Crippen LogP contribution < -0.4 is 4.90 Å². The van der Waals surface area contributed by atoms with Crippen molar-refractivity contribution in [1.29, 1.82) is 0 Å². The molecule has 0 spiro atoms. The molecule has 0 aromatic carbocycles. The minimum absolute atomic E-state index is 0.664. The highest BCUT2D eigenvalue weighted by Crippen LogP contribution is 2.26. The third-order valence-corrected chi connectivity index (χ3v) is 3.64. The zero-order valence-corrected chi connectivity index (χ0v) is 10.5. The summed E-state index contributed by atoms with van der Waals surface area (Å²) in [5, 5.41) is 0.664. The third kappa shape index (κ3) is 2.64. The van der Waals surface area contributed by atoms with Crippen LogP contribution in [0.3, 0.4) is 0 Å². The third-order valence-electron chi connectivity index (χ3n) is 3.37. The molecule has 88 valence electrons. The summed E-state index contributed by atoms with van der Waals surface area (Å²) in [5.74, 6) is 1.76. The molecule has 16 heavy (non-hydrogen) atoms. The van der Waals surface area contributed by atoms with E-state index in [1.54, 1.807) is 12.5 Å². The molecule has 1 saturated heterocycles. The first-order valence-electron chi connectivity index (χ1n) is 6.01. The second-order valence-electron chi connectivity index (χ2n) is 4.39. The van der Waals surface area contributed by atoms with Crippen LogP contribution in [0.1, 0.15) is 32.6 Å². The monoisotopic (exact) mass is 239 g/mol. The van der Waals surface area contributed by atoms with Crippen molar-refractivity contribution in [2.45, 2.75) is 32.6 Å². The van der Waals surface area contributed by atoms with E-state index < -0.39 is 0 Å². The van der Waals surface area contributed by atoms with Crippen LogP contribution in [0, 0.1) is 5.92 Å². The zero-order valence-electron chi connectivity index (χ0n) is 9.69. The normalized spacial score (nSPS) is 21.9. The van der Waals surface area contributed by atoms with Crippen molar-refractivity contribution in [1.82, 2.24) is 9.97 Å². The average molecular weight is 240 g/mol. The van der Waals surface area contributed by atoms with E-state index in [0.717, 1.165) is 24.8 Å². The molecule has 0 amide bonds. The van der Waals surface area contributed by atoms with E-state index in [1.165, 1.54) is 25.7 Å². The Kier molecular flexibility index (Phi) is 3.99. The van der Waals surface area contributed by atoms with Gasteiger partial charge in [0.25, 0.3) is 0 Å². The zero-order chi connectivity index (χ0) is 11.4. The molecule has 2 rings (SSSR count). The van der Waals surface area contributed by atoms with Crippen LogP contribution in [0.25, 0.3) is 0 Å². The SMILES string of the molecule is CCC1CCCN(c2ncncc2Cl)CC1. The number of hydrogen-bond donors (Lipinski definition) is 0. The predicted molar refractivity (Wildman–Crippen MR) is 66.9 cm³/mol. The van der Waals surface area contributed by atoms with Crippen LogP contribution in [0.15, 0.2) is 12.5 Å². The van der Waals surface area contributed by atoms with E-state index in [-0.39, 0.29) is 0 Å². The Labute approximate surface area is 102 Å². The molecule has 0 bridgehead atoms. The summed E-state index contributed by atoms with van der Waals surface area (Å²) in [6.45, 7) is 4.40. The molecule has 0 saturated carbocycles. The van der Waals surface area contributed by atoms with E-state index in [4.69, 9.17) is 11.6 Å². The molecular formula is C12H18ClN3. The molecule has 1 aliphatic rings. The first kappa shape index (κ1) is 11.6. The summed E-state index contributed by atoms with van der Waals surface area (Å²) in [4.78, 5) is 10.5. The standard InChI is InChI=1S/C12H18ClN3/c1-2-10-4-3-6-16(7-5-10)12-11(13)8-14-9-15-12/h8-10H,2-7H2,1H3. The summed E-state index contributed by atoms with van der Waals surface area (Å²) < 4.78 is 0. The summed E-state index contributed by atoms with van der Waals surface area (Å²) in [6.07, 6.45) is 8.34. The number of aromatic nitrogens is 2. The van der Waals surface area contributed by atoms with Crippen molar-refractivity contribution in [2.75, 3.05) is 18.0 Å². The van der Waals surface area contributed by atoms with Gasteiger partial charge in [0.2, 0.25) is 0 Å². The van der Waals surface area contributed by atoms with Gasteiger partial charge >= 0.3 is 0 Å². The van der Waals surface area contributed by atoms with E-state index in [1.807, 2.05) is 0 Å². The van der Waals surface area contributed by atoms with E-state index in [9.17, 15) is 0 Å². The first-order chi connectivity index (χ1) is 7.81. The minimum atomic E-state index is 0.664. The van der Waals surface area contributed by atoms with Gasteiger partial charge in [-0.25, -0.2) is 9.97 Å². The molecule has 3 nitrogen and oxygen atoms in total. The van der Waals surface area contributed by atoms with Crippen molar-refractivity contribution in [2.24, 2.45) is 5.92 Å². The van der Waals surface area contributed by atoms with Crippen molar-refractivity contribution in [3.05, 3.63) is 17.5 Å². The average Bonchev–Trinajstić information content (AvgIpc) is 2.55. The largest absolute Gasteiger partial charge is 0.355 e. The molecule has 0 N–H and O–H groups in total. The molecule has 0 radical (unpaired) electrons. The van der Waals surface area contributed by atoms with Crippen molar-refractivity contribution < 1.29 is 0 Å². The molecule has 1 unspecified atom stereocenters. The lowest BCUT2D eigenvalue weighted by Gasteiger charge is -2.22. The smallest absolute Gasteiger partial charge is 0.150 e. The predicted octanol–water partition coefficient (Wildman–Crippen LogP) is 3.15. The molecule has 1 atom stereocenters. The van der Waals surface area contributed by atoms with Crippen LogP contribution in [-0.4, -0.2) is 23.1 Å². The Morgan fingerprint density at radius 1 is 1.44 bits per heavy atom. The van der Waals surface area contributed by atoms with E-state index >= 15 is 0 Å². The molecule has 1 aromatic heterocycles. The van der Waals surface area contributed by atoms with Gasteiger partial charge in [-0.2, -0.15) is 0 Å². The maximum Gasteiger partial charge on any atom is 0.150 e. The van der Waals surface area contributed by atoms with Gasteiger partial charge < -0.3 is 4.90 Å². The number of rotatable bonds is 2. The number of nitrogens with zero attached hydrogens (tertiary/aromatic N) is 3. The van der Waals surface area contributed by atoms with Crippen molar-refractivity contribution in [3.63, 3.8) is 0 Å². The van der Waals surface area contributed by atoms with Gasteiger partial charge in [0, 0.05) is 13.1 Å². The van der Waals surface area contributed by atoms with Gasteiger partial charge in [0.05, 0.1) is 6.20 Å². The molecule has 1 aromatic rings. The lowest BCUT2D eigenvalue weighted by atomic mass is 9.98. The van der Waals surface area contributed by atoms with Gasteiger partial charge in [-0.15, -0.1) is 0 Å². The lowest BCUT2D eigenvalue weighted by molar-refractivity contribution is 0.459. The fraction of sp³-hybridized carbons (Fsp3) is 0.667. The summed E-state index contributed by atoms with van der Waals surface area (Å²) in [7, 11) is 0. The van der Waals surface area contributed by atoms with E-state index in [0.29, 0.717) is 5.02 Å². The minimum Gasteiger partial charge on any atom is -0.355 e. The van der Waals surface area contributed by atoms with Crippen molar-refractivity contribution >= 4 is 17.4 Å². The Balaban J connectivity index is 2.08. The molecule has 2 heterocycles. The number of halogens is 1. The Bertz CT molecular complexity index is 343. The fourth-order valence-corrected chi connectivity index (χ4v) is 2.55. The number of anilines is 1. The van der Waals surface area contributed by atoms with Gasteiger partial charge in [0.1, 0.15) is 11.3 Å². The number of hydrogen-bond acceptors (Lipinski definition) is 3. The summed E-state index contributed by atoms with van der Waals surface area (Å²) in [6, 6.07) is 0. The molecule has 0 aliphatic carbocycles. The van der Waals surface area contributed by atoms with Crippen LogP contribution in [0.4, 0.5) is 5.82 Å². The summed E-state index contributed by atoms with van der Waals surface area (Å²) in [5.41, 5.74) is 0. The topological polar surface area (TPSA) is 29.0 Å². The Hall–Kier alpha value is -0.830. The highest BCUT2D eigenvalue weighted by molar-refractivity contribution is 6.32. The Morgan fingerprint density at radius 2 is 2.31 bits per heavy atom. The van der Waals surface area contributed by atoms with Crippen molar-refractivity contribution in [3.8, 4) is 0 Å². The highest BCUT2D eigenvalue weighted by atomic mass is 35.5. The maximum atomic E-state index is 6.11. The van der Waals surface area contributed by atoms with Gasteiger partial charge in [-0.05, 0) is 25.2 Å². The van der Waals surface area contributed by atoms with Gasteiger partial charge in [-0.1, -0.05) is 24.9 Å². The van der Waals surface area contributed by atoms with Crippen LogP contribution in [0.5, 0.6) is 0 Å².